The average Bonchev–Trinajstić information content (AvgIpc) is 2.23. The van der Waals surface area contributed by atoms with Gasteiger partial charge in [-0.05, 0) is 38.5 Å². The molecule has 0 aliphatic heterocycles. The van der Waals surface area contributed by atoms with Crippen LogP contribution in [0.25, 0.3) is 0 Å². The Morgan fingerprint density at radius 1 is 1.35 bits per heavy atom. The van der Waals surface area contributed by atoms with E-state index in [1.54, 1.807) is 12.1 Å². The largest absolute Gasteiger partial charge is 0.370 e. The maximum absolute atomic E-state index is 11.2. The van der Waals surface area contributed by atoms with Gasteiger partial charge >= 0.3 is 0 Å². The third kappa shape index (κ3) is 7.06. The second-order valence-corrected chi connectivity index (χ2v) is 6.83. The number of nitrogens with one attached hydrogen (secondary N) is 1. The fourth-order valence-corrected chi connectivity index (χ4v) is 2.00. The molecule has 0 aromatic heterocycles. The summed E-state index contributed by atoms with van der Waals surface area (Å²) in [4.78, 5) is 4.22. The molecule has 0 heterocycles. The minimum Gasteiger partial charge on any atom is -0.370 e. The van der Waals surface area contributed by atoms with Crippen molar-refractivity contribution in [2.24, 2.45) is 15.9 Å². The van der Waals surface area contributed by atoms with E-state index in [2.05, 4.69) is 10.3 Å². The monoisotopic (exact) mass is 412 g/mol. The van der Waals surface area contributed by atoms with E-state index in [0.29, 0.717) is 5.96 Å². The van der Waals surface area contributed by atoms with E-state index in [-0.39, 0.29) is 41.0 Å². The summed E-state index contributed by atoms with van der Waals surface area (Å²) in [5.41, 5.74) is 6.28. The minimum atomic E-state index is -3.69. The molecule has 1 aromatic rings. The van der Waals surface area contributed by atoms with Gasteiger partial charge in [-0.2, -0.15) is 0 Å². The van der Waals surface area contributed by atoms with E-state index in [4.69, 9.17) is 10.9 Å². The third-order valence-corrected chi connectivity index (χ3v) is 3.07. The van der Waals surface area contributed by atoms with Crippen molar-refractivity contribution >= 4 is 40.0 Å². The topological polar surface area (TPSA) is 111 Å². The molecule has 0 aliphatic rings. The number of rotatable bonds is 3. The first-order valence-electron chi connectivity index (χ1n) is 5.78. The number of nitrogens with two attached hydrogens (primary N) is 2. The predicted octanol–water partition coefficient (Wildman–Crippen LogP) is 1.15. The Labute approximate surface area is 137 Å². The lowest BCUT2D eigenvalue weighted by Gasteiger charge is -2.20. The Morgan fingerprint density at radius 3 is 2.45 bits per heavy atom. The Hall–Kier alpha value is -0.870. The average molecular weight is 412 g/mol. The zero-order valence-corrected chi connectivity index (χ0v) is 14.9. The first kappa shape index (κ1) is 19.1. The zero-order chi connectivity index (χ0) is 14.7. The van der Waals surface area contributed by atoms with Gasteiger partial charge in [0.25, 0.3) is 0 Å². The summed E-state index contributed by atoms with van der Waals surface area (Å²) in [6, 6.07) is 6.32. The normalized spacial score (nSPS) is 12.7. The first-order valence-corrected chi connectivity index (χ1v) is 7.32. The second-order valence-electron chi connectivity index (χ2n) is 5.27. The highest BCUT2D eigenvalue weighted by atomic mass is 127. The van der Waals surface area contributed by atoms with E-state index < -0.39 is 10.0 Å². The number of guanidine groups is 1. The summed E-state index contributed by atoms with van der Waals surface area (Å²) in [5, 5.41) is 8.08. The van der Waals surface area contributed by atoms with Crippen LogP contribution in [0.1, 0.15) is 26.3 Å². The molecule has 0 radical (unpaired) electrons. The molecule has 0 atom stereocenters. The summed E-state index contributed by atoms with van der Waals surface area (Å²) in [6.45, 7) is 6.20. The Balaban J connectivity index is 0.00000361. The number of halogens is 1. The van der Waals surface area contributed by atoms with E-state index in [0.717, 1.165) is 5.56 Å². The molecule has 1 aromatic carbocycles. The highest BCUT2D eigenvalue weighted by Crippen LogP contribution is 2.10. The van der Waals surface area contributed by atoms with Crippen molar-refractivity contribution in [1.29, 1.82) is 0 Å². The molecule has 0 unspecified atom stereocenters. The molecule has 0 spiro atoms. The number of hydrogen-bond acceptors (Lipinski definition) is 3. The van der Waals surface area contributed by atoms with Gasteiger partial charge in [0.05, 0.1) is 11.4 Å². The lowest BCUT2D eigenvalue weighted by Crippen LogP contribution is -2.44. The molecule has 0 amide bonds. The lowest BCUT2D eigenvalue weighted by atomic mass is 10.1. The summed E-state index contributed by atoms with van der Waals surface area (Å²) in [6.07, 6.45) is 0. The maximum Gasteiger partial charge on any atom is 0.238 e. The quantitative estimate of drug-likeness (QED) is 0.393. The van der Waals surface area contributed by atoms with Gasteiger partial charge in [-0.3, -0.25) is 0 Å². The van der Waals surface area contributed by atoms with Gasteiger partial charge in [-0.15, -0.1) is 24.0 Å². The Morgan fingerprint density at radius 2 is 1.95 bits per heavy atom. The van der Waals surface area contributed by atoms with Gasteiger partial charge in [0.1, 0.15) is 0 Å². The molecular formula is C12H21IN4O2S. The molecule has 8 heteroatoms. The van der Waals surface area contributed by atoms with E-state index in [1.165, 1.54) is 12.1 Å². The molecule has 0 fully saturated rings. The highest BCUT2D eigenvalue weighted by Gasteiger charge is 2.10. The number of hydrogen-bond donors (Lipinski definition) is 3. The van der Waals surface area contributed by atoms with Crippen LogP contribution < -0.4 is 16.2 Å². The van der Waals surface area contributed by atoms with Gasteiger partial charge in [0, 0.05) is 5.54 Å². The number of benzene rings is 1. The highest BCUT2D eigenvalue weighted by molar-refractivity contribution is 14.0. The molecule has 5 N–H and O–H groups in total. The van der Waals surface area contributed by atoms with Crippen molar-refractivity contribution in [3.8, 4) is 0 Å². The van der Waals surface area contributed by atoms with Gasteiger partial charge in [-0.25, -0.2) is 18.5 Å². The van der Waals surface area contributed by atoms with Gasteiger partial charge in [-0.1, -0.05) is 12.1 Å². The van der Waals surface area contributed by atoms with Crippen LogP contribution in [-0.2, 0) is 16.6 Å². The summed E-state index contributed by atoms with van der Waals surface area (Å²) in [7, 11) is -3.69. The molecule has 6 nitrogen and oxygen atoms in total. The Kier molecular flexibility index (Phi) is 6.91. The Bertz CT molecular complexity index is 579. The van der Waals surface area contributed by atoms with Crippen LogP contribution in [0.4, 0.5) is 0 Å². The van der Waals surface area contributed by atoms with Crippen LogP contribution in [0.15, 0.2) is 34.2 Å². The van der Waals surface area contributed by atoms with Crippen molar-refractivity contribution in [3.63, 3.8) is 0 Å². The maximum atomic E-state index is 11.2. The smallest absolute Gasteiger partial charge is 0.238 e. The summed E-state index contributed by atoms with van der Waals surface area (Å²) < 4.78 is 22.4. The lowest BCUT2D eigenvalue weighted by molar-refractivity contribution is 0.508. The number of primary sulfonamides is 1. The van der Waals surface area contributed by atoms with Gasteiger partial charge in [0.2, 0.25) is 10.0 Å². The SMILES string of the molecule is CC(C)(C)NC(N)=NCc1cccc(S(N)(=O)=O)c1.I. The molecule has 0 aliphatic carbocycles. The predicted molar refractivity (Wildman–Crippen MR) is 91.4 cm³/mol. The zero-order valence-electron chi connectivity index (χ0n) is 11.8. The molecule has 20 heavy (non-hydrogen) atoms. The van der Waals surface area contributed by atoms with Crippen LogP contribution in [0.3, 0.4) is 0 Å². The van der Waals surface area contributed by atoms with Crippen molar-refractivity contribution in [1.82, 2.24) is 5.32 Å². The molecule has 1 rings (SSSR count). The number of nitrogens with zero attached hydrogens (tertiary/aromatic N) is 1. The van der Waals surface area contributed by atoms with Crippen molar-refractivity contribution < 1.29 is 8.42 Å². The number of aliphatic imine (C=N–C) groups is 1. The van der Waals surface area contributed by atoms with E-state index in [9.17, 15) is 8.42 Å². The van der Waals surface area contributed by atoms with Crippen molar-refractivity contribution in [2.45, 2.75) is 37.8 Å². The van der Waals surface area contributed by atoms with Crippen LogP contribution in [0, 0.1) is 0 Å². The molecule has 114 valence electrons. The molecule has 0 saturated heterocycles. The minimum absolute atomic E-state index is 0. The summed E-state index contributed by atoms with van der Waals surface area (Å²) >= 11 is 0. The van der Waals surface area contributed by atoms with Crippen LogP contribution >= 0.6 is 24.0 Å². The van der Waals surface area contributed by atoms with Crippen LogP contribution in [-0.4, -0.2) is 19.9 Å². The molecule has 0 bridgehead atoms. The first-order chi connectivity index (χ1) is 8.58. The van der Waals surface area contributed by atoms with Crippen LogP contribution in [0.2, 0.25) is 0 Å². The summed E-state index contributed by atoms with van der Waals surface area (Å²) in [5.74, 6) is 0.313. The fraction of sp³-hybridized carbons (Fsp3) is 0.417. The van der Waals surface area contributed by atoms with Crippen LogP contribution in [0.5, 0.6) is 0 Å². The molecule has 0 saturated carbocycles. The third-order valence-electron chi connectivity index (χ3n) is 2.16. The standard InChI is InChI=1S/C12H20N4O2S.HI/c1-12(2,3)16-11(13)15-8-9-5-4-6-10(7-9)19(14,17)18;/h4-7H,8H2,1-3H3,(H3,13,15,16)(H2,14,17,18);1H. The van der Waals surface area contributed by atoms with Gasteiger partial charge < -0.3 is 11.1 Å². The number of sulfonamides is 1. The van der Waals surface area contributed by atoms with E-state index in [1.807, 2.05) is 20.8 Å². The fourth-order valence-electron chi connectivity index (χ4n) is 1.42. The second kappa shape index (κ2) is 7.23. The van der Waals surface area contributed by atoms with Gasteiger partial charge in [0.15, 0.2) is 5.96 Å². The van der Waals surface area contributed by atoms with Crippen molar-refractivity contribution in [2.75, 3.05) is 0 Å². The molecular weight excluding hydrogens is 391 g/mol. The van der Waals surface area contributed by atoms with E-state index >= 15 is 0 Å². The van der Waals surface area contributed by atoms with Crippen molar-refractivity contribution in [3.05, 3.63) is 29.8 Å².